The van der Waals surface area contributed by atoms with E-state index >= 15 is 0 Å². The second kappa shape index (κ2) is 18.6. The molecule has 0 aliphatic heterocycles. The van der Waals surface area contributed by atoms with E-state index in [-0.39, 0.29) is 5.75 Å². The van der Waals surface area contributed by atoms with Gasteiger partial charge in [0.15, 0.2) is 0 Å². The van der Waals surface area contributed by atoms with Gasteiger partial charge in [-0.05, 0) is 146 Å². The van der Waals surface area contributed by atoms with Crippen molar-refractivity contribution in [3.63, 3.8) is 0 Å². The van der Waals surface area contributed by atoms with E-state index in [1.165, 1.54) is 0 Å². The number of para-hydroxylation sites is 6. The maximum atomic E-state index is 11.7. The lowest BCUT2D eigenvalue weighted by Gasteiger charge is -2.28. The average Bonchev–Trinajstić information content (AvgIpc) is 3.38. The predicted octanol–water partition coefficient (Wildman–Crippen LogP) is 16.3. The summed E-state index contributed by atoms with van der Waals surface area (Å²) >= 11 is 0. The summed E-state index contributed by atoms with van der Waals surface area (Å²) in [7, 11) is 0. The first-order valence-corrected chi connectivity index (χ1v) is 21.7. The smallest absolute Gasteiger partial charge is 0.127 e. The Hall–Kier alpha value is -8.87. The fourth-order valence-corrected chi connectivity index (χ4v) is 8.31. The lowest BCUT2D eigenvalue weighted by molar-refractivity contribution is 0.477. The monoisotopic (exact) mass is 839 g/mol. The van der Waals surface area contributed by atoms with Crippen molar-refractivity contribution in [2.45, 2.75) is 0 Å². The molecule has 6 nitrogen and oxygen atoms in total. The molecule has 9 aromatic carbocycles. The molecule has 1 N–H and O–H groups in total. The first kappa shape index (κ1) is 40.2. The molecule has 10 aromatic rings. The van der Waals surface area contributed by atoms with Crippen LogP contribution in [0.2, 0.25) is 0 Å². The zero-order chi connectivity index (χ0) is 43.8. The number of rotatable bonds is 13. The standard InChI is InChI=1S/C59H45N5O/c65-59-43-55(63(49-27-15-5-16-28-49)53-35-31-51(32-36-53)61(45-19-7-1-8-20-45)46-21-9-2-10-22-46)39-41-57(59)58-42-40-56(44-60-58)64(50-29-17-6-18-30-50)54-37-33-52(34-38-54)62(47-23-11-3-12-24-47)48-25-13-4-14-26-48/h1-44,65H. The van der Waals surface area contributed by atoms with Crippen LogP contribution < -0.4 is 19.6 Å². The van der Waals surface area contributed by atoms with Crippen LogP contribution in [0.25, 0.3) is 11.3 Å². The molecule has 0 bridgehead atoms. The number of nitrogens with zero attached hydrogens (tertiary/aromatic N) is 5. The van der Waals surface area contributed by atoms with E-state index < -0.39 is 0 Å². The highest BCUT2D eigenvalue weighted by Gasteiger charge is 2.20. The van der Waals surface area contributed by atoms with E-state index in [1.807, 2.05) is 91.1 Å². The van der Waals surface area contributed by atoms with E-state index in [2.05, 4.69) is 196 Å². The Morgan fingerprint density at radius 2 is 0.492 bits per heavy atom. The van der Waals surface area contributed by atoms with Gasteiger partial charge in [-0.1, -0.05) is 109 Å². The van der Waals surface area contributed by atoms with Gasteiger partial charge in [0.05, 0.1) is 17.6 Å². The fraction of sp³-hybridized carbons (Fsp3) is 0. The molecule has 312 valence electrons. The molecule has 0 amide bonds. The van der Waals surface area contributed by atoms with E-state index in [9.17, 15) is 5.11 Å². The van der Waals surface area contributed by atoms with Crippen molar-refractivity contribution in [2.24, 2.45) is 0 Å². The highest BCUT2D eigenvalue weighted by atomic mass is 16.3. The quantitative estimate of drug-likeness (QED) is 0.125. The Morgan fingerprint density at radius 3 is 0.769 bits per heavy atom. The molecule has 0 spiro atoms. The van der Waals surface area contributed by atoms with Gasteiger partial charge < -0.3 is 24.7 Å². The minimum atomic E-state index is 0.136. The van der Waals surface area contributed by atoms with Gasteiger partial charge in [-0.15, -0.1) is 0 Å². The molecule has 10 rings (SSSR count). The molecule has 1 aromatic heterocycles. The topological polar surface area (TPSA) is 46.1 Å². The summed E-state index contributed by atoms with van der Waals surface area (Å²) in [6, 6.07) is 89.1. The van der Waals surface area contributed by atoms with Crippen LogP contribution in [0.5, 0.6) is 5.75 Å². The largest absolute Gasteiger partial charge is 0.507 e. The molecular formula is C59H45N5O. The first-order valence-electron chi connectivity index (χ1n) is 21.7. The van der Waals surface area contributed by atoms with Crippen LogP contribution in [0.1, 0.15) is 0 Å². The third-order valence-corrected chi connectivity index (χ3v) is 11.3. The van der Waals surface area contributed by atoms with Gasteiger partial charge in [0.2, 0.25) is 0 Å². The third kappa shape index (κ3) is 8.65. The minimum Gasteiger partial charge on any atom is -0.507 e. The van der Waals surface area contributed by atoms with E-state index in [0.29, 0.717) is 11.3 Å². The van der Waals surface area contributed by atoms with Gasteiger partial charge in [0.1, 0.15) is 5.75 Å². The third-order valence-electron chi connectivity index (χ3n) is 11.3. The van der Waals surface area contributed by atoms with Crippen LogP contribution in [0.4, 0.5) is 68.2 Å². The van der Waals surface area contributed by atoms with Crippen LogP contribution >= 0.6 is 0 Å². The zero-order valence-electron chi connectivity index (χ0n) is 35.6. The van der Waals surface area contributed by atoms with Crippen LogP contribution in [0.15, 0.2) is 267 Å². The lowest BCUT2D eigenvalue weighted by Crippen LogP contribution is -2.12. The number of hydrogen-bond acceptors (Lipinski definition) is 6. The summed E-state index contributed by atoms with van der Waals surface area (Å²) in [5, 5.41) is 11.7. The number of benzene rings is 9. The Morgan fingerprint density at radius 1 is 0.246 bits per heavy atom. The minimum absolute atomic E-state index is 0.136. The number of phenolic OH excluding ortho intramolecular Hbond substituents is 1. The number of anilines is 12. The SMILES string of the molecule is Oc1cc(N(c2ccccc2)c2ccc(N(c3ccccc3)c3ccccc3)cc2)ccc1-c1ccc(N(c2ccccc2)c2ccc(N(c3ccccc3)c3ccccc3)cc2)cn1. The van der Waals surface area contributed by atoms with Gasteiger partial charge in [0, 0.05) is 74.2 Å². The predicted molar refractivity (Wildman–Crippen MR) is 270 cm³/mol. The summed E-state index contributed by atoms with van der Waals surface area (Å²) in [6.45, 7) is 0. The van der Waals surface area contributed by atoms with Crippen molar-refractivity contribution in [2.75, 3.05) is 19.6 Å². The van der Waals surface area contributed by atoms with Crippen molar-refractivity contribution in [1.29, 1.82) is 0 Å². The number of aromatic hydroxyl groups is 1. The Balaban J connectivity index is 0.949. The van der Waals surface area contributed by atoms with Gasteiger partial charge >= 0.3 is 0 Å². The highest BCUT2D eigenvalue weighted by Crippen LogP contribution is 2.43. The molecular weight excluding hydrogens is 795 g/mol. The van der Waals surface area contributed by atoms with Crippen molar-refractivity contribution in [3.05, 3.63) is 267 Å². The zero-order valence-corrected chi connectivity index (χ0v) is 35.6. The average molecular weight is 840 g/mol. The van der Waals surface area contributed by atoms with Crippen molar-refractivity contribution >= 4 is 68.2 Å². The molecule has 0 atom stereocenters. The second-order valence-corrected chi connectivity index (χ2v) is 15.5. The summed E-state index contributed by atoms with van der Waals surface area (Å²) < 4.78 is 0. The lowest BCUT2D eigenvalue weighted by atomic mass is 10.1. The molecule has 0 saturated carbocycles. The van der Waals surface area contributed by atoms with Crippen LogP contribution in [-0.2, 0) is 0 Å². The Bertz CT molecular complexity index is 2990. The van der Waals surface area contributed by atoms with Crippen molar-refractivity contribution in [3.8, 4) is 17.0 Å². The molecule has 0 aliphatic rings. The molecule has 0 fully saturated rings. The van der Waals surface area contributed by atoms with E-state index in [0.717, 1.165) is 68.2 Å². The first-order chi connectivity index (χ1) is 32.2. The molecule has 0 unspecified atom stereocenters. The second-order valence-electron chi connectivity index (χ2n) is 15.5. The van der Waals surface area contributed by atoms with E-state index in [4.69, 9.17) is 4.98 Å². The molecule has 0 saturated heterocycles. The summed E-state index contributed by atoms with van der Waals surface area (Å²) in [6.07, 6.45) is 1.87. The summed E-state index contributed by atoms with van der Waals surface area (Å²) in [5.41, 5.74) is 13.3. The van der Waals surface area contributed by atoms with Crippen LogP contribution in [0, 0.1) is 0 Å². The number of hydrogen-bond donors (Lipinski definition) is 1. The molecule has 0 radical (unpaired) electrons. The van der Waals surface area contributed by atoms with Gasteiger partial charge in [-0.25, -0.2) is 0 Å². The van der Waals surface area contributed by atoms with Gasteiger partial charge in [0.25, 0.3) is 0 Å². The molecule has 0 aliphatic carbocycles. The maximum absolute atomic E-state index is 11.7. The molecule has 1 heterocycles. The highest BCUT2D eigenvalue weighted by molar-refractivity contribution is 5.85. The van der Waals surface area contributed by atoms with Gasteiger partial charge in [-0.3, -0.25) is 4.98 Å². The fourth-order valence-electron chi connectivity index (χ4n) is 8.31. The Labute approximate surface area is 380 Å². The number of pyridine rings is 1. The van der Waals surface area contributed by atoms with Gasteiger partial charge in [-0.2, -0.15) is 0 Å². The van der Waals surface area contributed by atoms with E-state index in [1.54, 1.807) is 0 Å². The normalized spacial score (nSPS) is 10.8. The summed E-state index contributed by atoms with van der Waals surface area (Å²) in [5.74, 6) is 0.136. The molecule has 65 heavy (non-hydrogen) atoms. The van der Waals surface area contributed by atoms with Crippen LogP contribution in [-0.4, -0.2) is 10.1 Å². The van der Waals surface area contributed by atoms with Crippen molar-refractivity contribution < 1.29 is 5.11 Å². The Kier molecular flexibility index (Phi) is 11.5. The maximum Gasteiger partial charge on any atom is 0.127 e. The summed E-state index contributed by atoms with van der Waals surface area (Å²) in [4.78, 5) is 13.8. The van der Waals surface area contributed by atoms with Crippen LogP contribution in [0.3, 0.4) is 0 Å². The number of phenols is 1. The number of aromatic nitrogens is 1. The molecule has 6 heteroatoms. The van der Waals surface area contributed by atoms with Crippen molar-refractivity contribution in [1.82, 2.24) is 4.98 Å².